The number of aliphatic hydroxyl groups is 2. The maximum absolute atomic E-state index is 10.3. The molecule has 0 rings (SSSR count). The molecular formula is C14H26O4. The lowest BCUT2D eigenvalue weighted by molar-refractivity contribution is -0.139. The number of carboxylic acids is 1. The van der Waals surface area contributed by atoms with Crippen molar-refractivity contribution in [3.63, 3.8) is 0 Å². The Morgan fingerprint density at radius 1 is 1.11 bits per heavy atom. The van der Waals surface area contributed by atoms with E-state index in [1.807, 2.05) is 12.2 Å². The van der Waals surface area contributed by atoms with E-state index in [0.29, 0.717) is 6.42 Å². The third-order valence-electron chi connectivity index (χ3n) is 2.75. The van der Waals surface area contributed by atoms with Crippen LogP contribution >= 0.6 is 0 Å². The van der Waals surface area contributed by atoms with Crippen LogP contribution in [0.3, 0.4) is 0 Å². The van der Waals surface area contributed by atoms with E-state index in [2.05, 4.69) is 6.92 Å². The van der Waals surface area contributed by atoms with Crippen molar-refractivity contribution in [2.75, 3.05) is 0 Å². The number of carbonyl (C=O) groups is 1. The molecule has 2 unspecified atom stereocenters. The molecule has 2 atom stereocenters. The minimum Gasteiger partial charge on any atom is -0.481 e. The van der Waals surface area contributed by atoms with Crippen LogP contribution in [0, 0.1) is 0 Å². The first-order valence-electron chi connectivity index (χ1n) is 6.79. The summed E-state index contributed by atoms with van der Waals surface area (Å²) in [5, 5.41) is 27.4. The first kappa shape index (κ1) is 17.1. The van der Waals surface area contributed by atoms with Crippen molar-refractivity contribution in [2.45, 2.75) is 70.5 Å². The fourth-order valence-electron chi connectivity index (χ4n) is 1.76. The Labute approximate surface area is 109 Å². The van der Waals surface area contributed by atoms with Gasteiger partial charge in [-0.25, -0.2) is 0 Å². The van der Waals surface area contributed by atoms with Gasteiger partial charge in [-0.05, 0) is 19.3 Å². The highest BCUT2D eigenvalue weighted by molar-refractivity contribution is 5.67. The molecule has 106 valence electrons. The molecule has 0 aromatic rings. The van der Waals surface area contributed by atoms with Crippen molar-refractivity contribution < 1.29 is 20.1 Å². The third kappa shape index (κ3) is 11.6. The van der Waals surface area contributed by atoms with Gasteiger partial charge in [0.1, 0.15) is 0 Å². The second-order valence-electron chi connectivity index (χ2n) is 4.70. The van der Waals surface area contributed by atoms with Gasteiger partial charge in [0.05, 0.1) is 18.6 Å². The average Bonchev–Trinajstić information content (AvgIpc) is 2.26. The van der Waals surface area contributed by atoms with Gasteiger partial charge in [0, 0.05) is 6.42 Å². The third-order valence-corrected chi connectivity index (χ3v) is 2.75. The predicted molar refractivity (Wildman–Crippen MR) is 71.4 cm³/mol. The first-order valence-corrected chi connectivity index (χ1v) is 6.79. The summed E-state index contributed by atoms with van der Waals surface area (Å²) in [5.41, 5.74) is 0. The van der Waals surface area contributed by atoms with Gasteiger partial charge in [-0.1, -0.05) is 38.3 Å². The van der Waals surface area contributed by atoms with Crippen molar-refractivity contribution in [2.24, 2.45) is 0 Å². The van der Waals surface area contributed by atoms with E-state index in [0.717, 1.165) is 6.42 Å². The van der Waals surface area contributed by atoms with Crippen molar-refractivity contribution in [3.8, 4) is 0 Å². The maximum atomic E-state index is 10.3. The van der Waals surface area contributed by atoms with Crippen LogP contribution < -0.4 is 0 Å². The van der Waals surface area contributed by atoms with Crippen molar-refractivity contribution in [1.82, 2.24) is 0 Å². The molecule has 0 aromatic carbocycles. The molecule has 0 aliphatic heterocycles. The van der Waals surface area contributed by atoms with Gasteiger partial charge in [0.15, 0.2) is 0 Å². The van der Waals surface area contributed by atoms with Gasteiger partial charge in [0.2, 0.25) is 0 Å². The molecule has 0 aliphatic rings. The molecule has 0 aromatic heterocycles. The monoisotopic (exact) mass is 258 g/mol. The fourth-order valence-corrected chi connectivity index (χ4v) is 1.76. The molecule has 0 saturated heterocycles. The van der Waals surface area contributed by atoms with Gasteiger partial charge in [-0.2, -0.15) is 0 Å². The maximum Gasteiger partial charge on any atom is 0.305 e. The topological polar surface area (TPSA) is 77.8 Å². The number of hydrogen-bond donors (Lipinski definition) is 3. The summed E-state index contributed by atoms with van der Waals surface area (Å²) in [7, 11) is 0. The van der Waals surface area contributed by atoms with E-state index in [1.54, 1.807) is 0 Å². The van der Waals surface area contributed by atoms with Crippen LogP contribution in [0.15, 0.2) is 12.2 Å². The highest BCUT2D eigenvalue weighted by Crippen LogP contribution is 2.08. The largest absolute Gasteiger partial charge is 0.481 e. The molecule has 18 heavy (non-hydrogen) atoms. The molecule has 0 amide bonds. The Kier molecular flexibility index (Phi) is 10.7. The molecule has 3 N–H and O–H groups in total. The van der Waals surface area contributed by atoms with E-state index in [1.165, 1.54) is 25.7 Å². The predicted octanol–water partition coefficient (Wildman–Crippen LogP) is 2.49. The zero-order valence-electron chi connectivity index (χ0n) is 11.2. The number of carboxylic acid groups (broad SMARTS) is 1. The summed E-state index contributed by atoms with van der Waals surface area (Å²) >= 11 is 0. The molecule has 0 bridgehead atoms. The summed E-state index contributed by atoms with van der Waals surface area (Å²) in [4.78, 5) is 10.3. The van der Waals surface area contributed by atoms with Crippen molar-refractivity contribution in [1.29, 1.82) is 0 Å². The number of hydrogen-bond acceptors (Lipinski definition) is 3. The van der Waals surface area contributed by atoms with Gasteiger partial charge in [-0.3, -0.25) is 4.79 Å². The number of allylic oxidation sites excluding steroid dienone is 1. The lowest BCUT2D eigenvalue weighted by Crippen LogP contribution is -2.20. The minimum atomic E-state index is -1.04. The highest BCUT2D eigenvalue weighted by Gasteiger charge is 2.13. The van der Waals surface area contributed by atoms with Crippen LogP contribution in [0.25, 0.3) is 0 Å². The molecular weight excluding hydrogens is 232 g/mol. The second kappa shape index (κ2) is 11.2. The lowest BCUT2D eigenvalue weighted by atomic mass is 10.1. The van der Waals surface area contributed by atoms with E-state index >= 15 is 0 Å². The first-order chi connectivity index (χ1) is 8.56. The smallest absolute Gasteiger partial charge is 0.305 e. The summed E-state index contributed by atoms with van der Waals surface area (Å²) in [6, 6.07) is 0. The fraction of sp³-hybridized carbons (Fsp3) is 0.786. The number of rotatable bonds is 11. The van der Waals surface area contributed by atoms with Gasteiger partial charge in [0.25, 0.3) is 0 Å². The minimum absolute atomic E-state index is 0.118. The molecule has 0 radical (unpaired) electrons. The van der Waals surface area contributed by atoms with Crippen molar-refractivity contribution >= 4 is 5.97 Å². The Hall–Kier alpha value is -0.870. The molecule has 0 heterocycles. The van der Waals surface area contributed by atoms with Gasteiger partial charge < -0.3 is 15.3 Å². The lowest BCUT2D eigenvalue weighted by Gasteiger charge is -2.12. The average molecular weight is 258 g/mol. The van der Waals surface area contributed by atoms with Gasteiger partial charge in [-0.15, -0.1) is 0 Å². The standard InChI is InChI=1S/C14H26O4/c1-2-3-4-5-6-7-8-9-12(15)10-13(16)11-14(17)18/h7-8,12-13,15-16H,2-6,9-11H2,1H3,(H,17,18)/b8-7+. The Morgan fingerprint density at radius 2 is 1.83 bits per heavy atom. The van der Waals surface area contributed by atoms with Crippen LogP contribution in [0.5, 0.6) is 0 Å². The number of unbranched alkanes of at least 4 members (excludes halogenated alkanes) is 4. The summed E-state index contributed by atoms with van der Waals surface area (Å²) in [6.45, 7) is 2.18. The summed E-state index contributed by atoms with van der Waals surface area (Å²) < 4.78 is 0. The van der Waals surface area contributed by atoms with Crippen LogP contribution in [0.2, 0.25) is 0 Å². The zero-order chi connectivity index (χ0) is 13.8. The Morgan fingerprint density at radius 3 is 2.44 bits per heavy atom. The van der Waals surface area contributed by atoms with Crippen LogP contribution in [-0.2, 0) is 4.79 Å². The van der Waals surface area contributed by atoms with Crippen LogP contribution in [0.1, 0.15) is 58.3 Å². The SMILES string of the molecule is CCCCCC/C=C/CC(O)CC(O)CC(=O)O. The molecule has 4 nitrogen and oxygen atoms in total. The zero-order valence-corrected chi connectivity index (χ0v) is 11.2. The van der Waals surface area contributed by atoms with Crippen LogP contribution in [-0.4, -0.2) is 33.5 Å². The molecule has 0 fully saturated rings. The van der Waals surface area contributed by atoms with E-state index < -0.39 is 18.2 Å². The Bertz CT molecular complexity index is 238. The number of aliphatic carboxylic acids is 1. The molecule has 4 heteroatoms. The van der Waals surface area contributed by atoms with Gasteiger partial charge >= 0.3 is 5.97 Å². The number of aliphatic hydroxyl groups excluding tert-OH is 2. The van der Waals surface area contributed by atoms with Crippen molar-refractivity contribution in [3.05, 3.63) is 12.2 Å². The summed E-state index contributed by atoms with van der Waals surface area (Å²) in [5.74, 6) is -1.04. The Balaban J connectivity index is 3.53. The highest BCUT2D eigenvalue weighted by atomic mass is 16.4. The van der Waals surface area contributed by atoms with E-state index in [4.69, 9.17) is 5.11 Å². The van der Waals surface area contributed by atoms with E-state index in [9.17, 15) is 15.0 Å². The van der Waals surface area contributed by atoms with Crippen LogP contribution in [0.4, 0.5) is 0 Å². The molecule has 0 spiro atoms. The normalized spacial score (nSPS) is 14.8. The second-order valence-corrected chi connectivity index (χ2v) is 4.70. The molecule has 0 saturated carbocycles. The van der Waals surface area contributed by atoms with E-state index in [-0.39, 0.29) is 12.8 Å². The summed E-state index contributed by atoms with van der Waals surface area (Å²) in [6.07, 6.45) is 8.53. The quantitative estimate of drug-likeness (QED) is 0.393. The molecule has 0 aliphatic carbocycles.